The number of carbonyl (C=O) groups excluding carboxylic acids is 1. The smallest absolute Gasteiger partial charge is 0.410 e. The Kier molecular flexibility index (Phi) is 2.33. The highest BCUT2D eigenvalue weighted by Gasteiger charge is 2.26. The highest BCUT2D eigenvalue weighted by atomic mass is 16.6. The van der Waals surface area contributed by atoms with E-state index in [-0.39, 0.29) is 9.80 Å². The number of anilines is 1. The number of hydrogen-bond acceptors (Lipinski definition) is 6. The predicted octanol–water partition coefficient (Wildman–Crippen LogP) is 2.05. The Morgan fingerprint density at radius 3 is 2.45 bits per heavy atom. The van der Waals surface area contributed by atoms with Crippen LogP contribution in [0.2, 0.25) is 0 Å². The minimum atomic E-state index is -3.42. The summed E-state index contributed by atoms with van der Waals surface area (Å²) in [6.45, 7) is -9.24. The number of rotatable bonds is 2. The number of aromatic nitrogens is 1. The Labute approximate surface area is 140 Å². The van der Waals surface area contributed by atoms with Gasteiger partial charge in [-0.05, 0) is 36.7 Å². The molecule has 120 valence electrons. The molecule has 8 nitrogen and oxygen atoms in total. The fourth-order valence-electron chi connectivity index (χ4n) is 1.40. The molecule has 0 spiro atoms. The average Bonchev–Trinajstić information content (AvgIpc) is 2.51. The van der Waals surface area contributed by atoms with E-state index in [2.05, 4.69) is 4.98 Å². The molecule has 1 aromatic heterocycles. The van der Waals surface area contributed by atoms with Crippen LogP contribution in [-0.2, 0) is 4.74 Å². The topological polar surface area (TPSA) is 88.8 Å². The van der Waals surface area contributed by atoms with Crippen LogP contribution in [0.3, 0.4) is 0 Å². The van der Waals surface area contributed by atoms with Gasteiger partial charge in [0, 0.05) is 32.1 Å². The van der Waals surface area contributed by atoms with Crippen molar-refractivity contribution in [1.29, 1.82) is 0 Å². The molecule has 1 aliphatic rings. The van der Waals surface area contributed by atoms with Crippen molar-refractivity contribution < 1.29 is 25.4 Å². The van der Waals surface area contributed by atoms with Crippen LogP contribution in [0.5, 0.6) is 0 Å². The lowest BCUT2D eigenvalue weighted by Gasteiger charge is -2.36. The molecule has 2 heterocycles. The maximum absolute atomic E-state index is 12.6. The predicted molar refractivity (Wildman–Crippen MR) is 80.9 cm³/mol. The lowest BCUT2D eigenvalue weighted by molar-refractivity contribution is -0.389. The molecule has 1 amide bonds. The molecule has 1 fully saturated rings. The third-order valence-corrected chi connectivity index (χ3v) is 2.30. The van der Waals surface area contributed by atoms with E-state index < -0.39 is 54.1 Å². The monoisotopic (exact) mass is 316 g/mol. The van der Waals surface area contributed by atoms with Crippen molar-refractivity contribution in [2.24, 2.45) is 0 Å². The van der Waals surface area contributed by atoms with E-state index in [1.54, 1.807) is 0 Å². The molecule has 0 bridgehead atoms. The van der Waals surface area contributed by atoms with Crippen molar-refractivity contribution in [3.63, 3.8) is 0 Å². The molecule has 1 aromatic rings. The first-order chi connectivity index (χ1) is 13.3. The quantitative estimate of drug-likeness (QED) is 0.613. The Morgan fingerprint density at radius 1 is 1.36 bits per heavy atom. The molecule has 22 heavy (non-hydrogen) atoms. The van der Waals surface area contributed by atoms with Crippen molar-refractivity contribution in [1.82, 2.24) is 9.88 Å². The third-order valence-electron chi connectivity index (χ3n) is 2.30. The number of nitro groups is 1. The van der Waals surface area contributed by atoms with Crippen LogP contribution in [0, 0.1) is 10.1 Å². The SMILES string of the molecule is [2H]C1([2H])N(C(=O)OC(C)(C)C)C([2H])([2H])C([2H])([2H])N(c2ccc([N+](=O)[O-])nc2)C1([2H])[2H]. The summed E-state index contributed by atoms with van der Waals surface area (Å²) in [5.74, 6) is -0.627. The van der Waals surface area contributed by atoms with E-state index in [9.17, 15) is 14.9 Å². The fraction of sp³-hybridized carbons (Fsp3) is 0.571. The molecule has 0 aliphatic carbocycles. The number of piperazine rings is 1. The first-order valence-corrected chi connectivity index (χ1v) is 6.22. The summed E-state index contributed by atoms with van der Waals surface area (Å²) in [7, 11) is 0. The Hall–Kier alpha value is -2.38. The lowest BCUT2D eigenvalue weighted by Crippen LogP contribution is -2.50. The van der Waals surface area contributed by atoms with Crippen LogP contribution >= 0.6 is 0 Å². The summed E-state index contributed by atoms with van der Waals surface area (Å²) < 4.78 is 70.7. The molecule has 1 saturated heterocycles. The first-order valence-electron chi connectivity index (χ1n) is 10.2. The minimum Gasteiger partial charge on any atom is -0.444 e. The number of nitrogens with zero attached hydrogens (tertiary/aromatic N) is 4. The van der Waals surface area contributed by atoms with Crippen molar-refractivity contribution >= 4 is 17.6 Å². The molecule has 0 atom stereocenters. The van der Waals surface area contributed by atoms with Gasteiger partial charge >= 0.3 is 11.9 Å². The van der Waals surface area contributed by atoms with Crippen LogP contribution in [0.1, 0.15) is 31.7 Å². The zero-order chi connectivity index (χ0) is 23.5. The summed E-state index contributed by atoms with van der Waals surface area (Å²) in [4.78, 5) is 25.9. The van der Waals surface area contributed by atoms with E-state index in [1.165, 1.54) is 20.8 Å². The van der Waals surface area contributed by atoms with Crippen LogP contribution in [0.25, 0.3) is 0 Å². The molecule has 0 unspecified atom stereocenters. The van der Waals surface area contributed by atoms with Gasteiger partial charge in [0.15, 0.2) is 6.20 Å². The largest absolute Gasteiger partial charge is 0.444 e. The second kappa shape index (κ2) is 6.17. The van der Waals surface area contributed by atoms with Crippen LogP contribution in [0.4, 0.5) is 16.3 Å². The minimum absolute atomic E-state index is 0.137. The molecular weight excluding hydrogens is 288 g/mol. The van der Waals surface area contributed by atoms with Gasteiger partial charge in [-0.15, -0.1) is 0 Å². The molecule has 0 aromatic carbocycles. The molecule has 8 heteroatoms. The highest BCUT2D eigenvalue weighted by molar-refractivity contribution is 5.68. The summed E-state index contributed by atoms with van der Waals surface area (Å²) in [5, 5.41) is 10.8. The number of hydrogen-bond donors (Lipinski definition) is 0. The lowest BCUT2D eigenvalue weighted by atomic mass is 10.2. The second-order valence-electron chi connectivity index (χ2n) is 5.23. The number of carbonyl (C=O) groups is 1. The van der Waals surface area contributed by atoms with E-state index in [0.29, 0.717) is 0 Å². The molecule has 0 N–H and O–H groups in total. The Balaban J connectivity index is 2.67. The summed E-state index contributed by atoms with van der Waals surface area (Å²) in [6.07, 6.45) is -0.866. The maximum atomic E-state index is 12.6. The molecule has 2 rings (SSSR count). The van der Waals surface area contributed by atoms with Gasteiger partial charge in [-0.3, -0.25) is 0 Å². The van der Waals surface area contributed by atoms with Gasteiger partial charge in [0.2, 0.25) is 0 Å². The molecule has 0 radical (unpaired) electrons. The van der Waals surface area contributed by atoms with Crippen molar-refractivity contribution in [2.45, 2.75) is 26.4 Å². The molecule has 0 saturated carbocycles. The normalized spacial score (nSPS) is 30.1. The fourth-order valence-corrected chi connectivity index (χ4v) is 1.40. The van der Waals surface area contributed by atoms with E-state index >= 15 is 0 Å². The van der Waals surface area contributed by atoms with Crippen LogP contribution < -0.4 is 4.90 Å². The summed E-state index contributed by atoms with van der Waals surface area (Å²) in [5.41, 5.74) is -1.66. The van der Waals surface area contributed by atoms with Crippen molar-refractivity contribution in [2.75, 3.05) is 30.9 Å². The first kappa shape index (κ1) is 8.30. The van der Waals surface area contributed by atoms with Gasteiger partial charge < -0.3 is 24.7 Å². The zero-order valence-corrected chi connectivity index (χ0v) is 12.2. The molecule has 1 aliphatic heterocycles. The Bertz CT molecular complexity index is 828. The van der Waals surface area contributed by atoms with Crippen molar-refractivity contribution in [3.05, 3.63) is 28.4 Å². The van der Waals surface area contributed by atoms with Crippen molar-refractivity contribution in [3.8, 4) is 0 Å². The molecular formula is C14H20N4O4. The van der Waals surface area contributed by atoms with Crippen LogP contribution in [-0.4, -0.2) is 52.5 Å². The number of amides is 1. The van der Waals surface area contributed by atoms with E-state index in [4.69, 9.17) is 15.7 Å². The summed E-state index contributed by atoms with van der Waals surface area (Å²) >= 11 is 0. The van der Waals surface area contributed by atoms with Gasteiger partial charge in [-0.2, -0.15) is 0 Å². The number of pyridine rings is 1. The highest BCUT2D eigenvalue weighted by Crippen LogP contribution is 2.19. The van der Waals surface area contributed by atoms with Gasteiger partial charge in [0.1, 0.15) is 5.60 Å². The van der Waals surface area contributed by atoms with Gasteiger partial charge in [0.25, 0.3) is 0 Å². The zero-order valence-electron chi connectivity index (χ0n) is 20.2. The standard InChI is InChI=1S/C14H20N4O4/c1-14(2,3)22-13(19)17-8-6-16(7-9-17)11-4-5-12(15-10-11)18(20)21/h4-5,10H,6-9H2,1-3H3/i6D2,7D2,8D2,9D2. The summed E-state index contributed by atoms with van der Waals surface area (Å²) in [6, 6.07) is 1.75. The third kappa shape index (κ3) is 4.06. The Morgan fingerprint density at radius 2 is 2.00 bits per heavy atom. The van der Waals surface area contributed by atoms with E-state index in [0.717, 1.165) is 18.3 Å². The van der Waals surface area contributed by atoms with Crippen LogP contribution in [0.15, 0.2) is 18.3 Å². The van der Waals surface area contributed by atoms with Gasteiger partial charge in [-0.25, -0.2) is 4.79 Å². The van der Waals surface area contributed by atoms with Gasteiger partial charge in [0.05, 0.1) is 16.7 Å². The maximum Gasteiger partial charge on any atom is 0.410 e. The average molecular weight is 316 g/mol. The second-order valence-corrected chi connectivity index (χ2v) is 5.23. The number of ether oxygens (including phenoxy) is 1. The van der Waals surface area contributed by atoms with Gasteiger partial charge in [-0.1, -0.05) is 0 Å². The van der Waals surface area contributed by atoms with E-state index in [1.807, 2.05) is 0 Å².